The first kappa shape index (κ1) is 15.0. The highest BCUT2D eigenvalue weighted by atomic mass is 16.5. The van der Waals surface area contributed by atoms with Crippen molar-refractivity contribution >= 4 is 11.6 Å². The van der Waals surface area contributed by atoms with Crippen LogP contribution >= 0.6 is 0 Å². The molecule has 1 amide bonds. The maximum atomic E-state index is 12.5. The van der Waals surface area contributed by atoms with Gasteiger partial charge in [-0.3, -0.25) is 4.79 Å². The van der Waals surface area contributed by atoms with E-state index in [-0.39, 0.29) is 23.8 Å². The molecule has 122 valence electrons. The molecule has 2 aliphatic rings. The Bertz CT molecular complexity index is 796. The first-order valence-electron chi connectivity index (χ1n) is 8.50. The van der Waals surface area contributed by atoms with Gasteiger partial charge in [-0.15, -0.1) is 0 Å². The van der Waals surface area contributed by atoms with Crippen LogP contribution < -0.4 is 4.90 Å². The van der Waals surface area contributed by atoms with Crippen LogP contribution in [0.2, 0.25) is 0 Å². The summed E-state index contributed by atoms with van der Waals surface area (Å²) in [5, 5.41) is 0. The maximum absolute atomic E-state index is 12.5. The Morgan fingerprint density at radius 3 is 2.50 bits per heavy atom. The number of anilines is 1. The van der Waals surface area contributed by atoms with Crippen molar-refractivity contribution in [2.45, 2.75) is 31.7 Å². The second-order valence-corrected chi connectivity index (χ2v) is 6.35. The van der Waals surface area contributed by atoms with Gasteiger partial charge < -0.3 is 9.64 Å². The fourth-order valence-corrected chi connectivity index (χ4v) is 4.19. The van der Waals surface area contributed by atoms with E-state index in [1.54, 1.807) is 6.92 Å². The predicted octanol–water partition coefficient (Wildman–Crippen LogP) is 4.22. The summed E-state index contributed by atoms with van der Waals surface area (Å²) in [7, 11) is 0. The molecule has 0 saturated carbocycles. The van der Waals surface area contributed by atoms with E-state index in [0.717, 1.165) is 11.4 Å². The van der Waals surface area contributed by atoms with Crippen LogP contribution in [0.3, 0.4) is 0 Å². The van der Waals surface area contributed by atoms with Gasteiger partial charge in [-0.2, -0.15) is 0 Å². The zero-order valence-electron chi connectivity index (χ0n) is 14.0. The molecule has 3 heteroatoms. The Labute approximate surface area is 142 Å². The van der Waals surface area contributed by atoms with Crippen molar-refractivity contribution in [3.05, 3.63) is 77.6 Å². The lowest BCUT2D eigenvalue weighted by Gasteiger charge is -2.31. The third-order valence-electron chi connectivity index (χ3n) is 5.02. The average molecular weight is 319 g/mol. The Hall–Kier alpha value is -2.55. The standard InChI is InChI=1S/C21H21NO2/c1-3-24-19-13-17-16-11-7-8-12-18(16)22(14(2)23)21(17)20(19)15-9-5-4-6-10-15/h4-13,17,20-21H,3H2,1-2H3/t17-,20+,21+/m1/s1. The summed E-state index contributed by atoms with van der Waals surface area (Å²) in [6.45, 7) is 4.30. The number of hydrogen-bond donors (Lipinski definition) is 0. The summed E-state index contributed by atoms with van der Waals surface area (Å²) in [5.74, 6) is 1.34. The molecule has 4 rings (SSSR count). The van der Waals surface area contributed by atoms with Crippen LogP contribution in [0.4, 0.5) is 5.69 Å². The monoisotopic (exact) mass is 319 g/mol. The zero-order valence-corrected chi connectivity index (χ0v) is 14.0. The highest BCUT2D eigenvalue weighted by Gasteiger charge is 2.50. The van der Waals surface area contributed by atoms with Crippen molar-refractivity contribution in [2.75, 3.05) is 11.5 Å². The summed E-state index contributed by atoms with van der Waals surface area (Å²) >= 11 is 0. The van der Waals surface area contributed by atoms with E-state index in [2.05, 4.69) is 24.3 Å². The molecule has 3 atom stereocenters. The van der Waals surface area contributed by atoms with Crippen LogP contribution in [0, 0.1) is 0 Å². The molecule has 0 radical (unpaired) electrons. The number of rotatable bonds is 3. The van der Waals surface area contributed by atoms with Gasteiger partial charge in [-0.05, 0) is 30.2 Å². The molecule has 1 aliphatic carbocycles. The van der Waals surface area contributed by atoms with E-state index in [4.69, 9.17) is 4.74 Å². The number of carbonyl (C=O) groups excluding carboxylic acids is 1. The lowest BCUT2D eigenvalue weighted by molar-refractivity contribution is -0.117. The van der Waals surface area contributed by atoms with Gasteiger partial charge in [0.25, 0.3) is 0 Å². The zero-order chi connectivity index (χ0) is 16.7. The fraction of sp³-hybridized carbons (Fsp3) is 0.286. The van der Waals surface area contributed by atoms with Gasteiger partial charge in [0.05, 0.1) is 18.6 Å². The number of benzene rings is 2. The van der Waals surface area contributed by atoms with E-state index in [1.807, 2.05) is 48.2 Å². The summed E-state index contributed by atoms with van der Waals surface area (Å²) in [6.07, 6.45) is 2.22. The molecule has 0 aromatic heterocycles. The molecule has 0 saturated heterocycles. The number of nitrogens with zero attached hydrogens (tertiary/aromatic N) is 1. The number of carbonyl (C=O) groups is 1. The van der Waals surface area contributed by atoms with E-state index in [1.165, 1.54) is 11.1 Å². The van der Waals surface area contributed by atoms with Gasteiger partial charge in [-0.1, -0.05) is 48.5 Å². The van der Waals surface area contributed by atoms with Crippen molar-refractivity contribution in [2.24, 2.45) is 0 Å². The van der Waals surface area contributed by atoms with Gasteiger partial charge in [-0.25, -0.2) is 0 Å². The topological polar surface area (TPSA) is 29.5 Å². The van der Waals surface area contributed by atoms with E-state index >= 15 is 0 Å². The Kier molecular flexibility index (Phi) is 3.64. The number of ether oxygens (including phenoxy) is 1. The largest absolute Gasteiger partial charge is 0.498 e. The third-order valence-corrected chi connectivity index (χ3v) is 5.02. The van der Waals surface area contributed by atoms with Crippen LogP contribution in [-0.4, -0.2) is 18.6 Å². The van der Waals surface area contributed by atoms with Crippen LogP contribution in [0.5, 0.6) is 0 Å². The van der Waals surface area contributed by atoms with Crippen LogP contribution in [0.25, 0.3) is 0 Å². The molecule has 0 N–H and O–H groups in total. The lowest BCUT2D eigenvalue weighted by atomic mass is 9.88. The summed E-state index contributed by atoms with van der Waals surface area (Å²) in [5.41, 5.74) is 3.45. The predicted molar refractivity (Wildman–Crippen MR) is 95.0 cm³/mol. The van der Waals surface area contributed by atoms with Crippen molar-refractivity contribution in [1.82, 2.24) is 0 Å². The number of fused-ring (bicyclic) bond motifs is 3. The second kappa shape index (κ2) is 5.82. The average Bonchev–Trinajstić information content (AvgIpc) is 3.10. The van der Waals surface area contributed by atoms with Crippen molar-refractivity contribution in [3.63, 3.8) is 0 Å². The Morgan fingerprint density at radius 2 is 1.79 bits per heavy atom. The molecule has 0 bridgehead atoms. The highest BCUT2D eigenvalue weighted by Crippen LogP contribution is 2.53. The number of amides is 1. The highest BCUT2D eigenvalue weighted by molar-refractivity contribution is 5.96. The van der Waals surface area contributed by atoms with Gasteiger partial charge >= 0.3 is 0 Å². The van der Waals surface area contributed by atoms with Crippen molar-refractivity contribution < 1.29 is 9.53 Å². The van der Waals surface area contributed by atoms with Gasteiger partial charge in [0, 0.05) is 18.5 Å². The second-order valence-electron chi connectivity index (χ2n) is 6.35. The molecule has 1 heterocycles. The van der Waals surface area contributed by atoms with Crippen molar-refractivity contribution in [1.29, 1.82) is 0 Å². The molecular formula is C21H21NO2. The SMILES string of the molecule is CCOC1=C[C@@H]2c3ccccc3N(C(C)=O)[C@@H]2[C@H]1c1ccccc1. The minimum Gasteiger partial charge on any atom is -0.498 e. The molecular weight excluding hydrogens is 298 g/mol. The third kappa shape index (κ3) is 2.15. The molecule has 2 aromatic carbocycles. The number of para-hydroxylation sites is 1. The van der Waals surface area contributed by atoms with Crippen LogP contribution in [0.1, 0.15) is 36.8 Å². The van der Waals surface area contributed by atoms with E-state index < -0.39 is 0 Å². The summed E-state index contributed by atoms with van der Waals surface area (Å²) < 4.78 is 5.97. The first-order valence-corrected chi connectivity index (χ1v) is 8.50. The molecule has 0 spiro atoms. The number of hydrogen-bond acceptors (Lipinski definition) is 2. The van der Waals surface area contributed by atoms with E-state index in [0.29, 0.717) is 6.61 Å². The van der Waals surface area contributed by atoms with Gasteiger partial charge in [0.15, 0.2) is 0 Å². The minimum absolute atomic E-state index is 0.0591. The van der Waals surface area contributed by atoms with E-state index in [9.17, 15) is 4.79 Å². The van der Waals surface area contributed by atoms with Crippen molar-refractivity contribution in [3.8, 4) is 0 Å². The summed E-state index contributed by atoms with van der Waals surface area (Å²) in [6, 6.07) is 18.6. The lowest BCUT2D eigenvalue weighted by Crippen LogP contribution is -2.40. The molecule has 3 nitrogen and oxygen atoms in total. The quantitative estimate of drug-likeness (QED) is 0.847. The maximum Gasteiger partial charge on any atom is 0.224 e. The van der Waals surface area contributed by atoms with Gasteiger partial charge in [0.1, 0.15) is 5.76 Å². The Balaban J connectivity index is 1.86. The first-order chi connectivity index (χ1) is 11.7. The normalized spacial score (nSPS) is 24.3. The summed E-state index contributed by atoms with van der Waals surface area (Å²) in [4.78, 5) is 14.4. The minimum atomic E-state index is 0.0591. The molecule has 2 aromatic rings. The smallest absolute Gasteiger partial charge is 0.224 e. The Morgan fingerprint density at radius 1 is 1.08 bits per heavy atom. The van der Waals surface area contributed by atoms with Crippen LogP contribution in [0.15, 0.2) is 66.4 Å². The van der Waals surface area contributed by atoms with Gasteiger partial charge in [0.2, 0.25) is 5.91 Å². The molecule has 1 aliphatic heterocycles. The fourth-order valence-electron chi connectivity index (χ4n) is 4.19. The van der Waals surface area contributed by atoms with Crippen LogP contribution in [-0.2, 0) is 9.53 Å². The molecule has 24 heavy (non-hydrogen) atoms. The molecule has 0 unspecified atom stereocenters. The molecule has 0 fully saturated rings.